The average Bonchev–Trinajstić information content (AvgIpc) is 2.96. The van der Waals surface area contributed by atoms with Crippen LogP contribution in [-0.4, -0.2) is 48.4 Å². The summed E-state index contributed by atoms with van der Waals surface area (Å²) in [6.45, 7) is 0.440. The third kappa shape index (κ3) is 5.40. The van der Waals surface area contributed by atoms with Crippen LogP contribution in [-0.2, 0) is 33.5 Å². The molecule has 0 radical (unpaired) electrons. The molecule has 0 unspecified atom stereocenters. The first-order valence-corrected chi connectivity index (χ1v) is 8.52. The second-order valence-electron chi connectivity index (χ2n) is 6.31. The van der Waals surface area contributed by atoms with Gasteiger partial charge in [-0.2, -0.15) is 0 Å². The Morgan fingerprint density at radius 2 is 1.69 bits per heavy atom. The zero-order valence-electron chi connectivity index (χ0n) is 14.6. The maximum atomic E-state index is 12.1. The quantitative estimate of drug-likeness (QED) is 0.406. The Bertz CT molecular complexity index is 605. The highest BCUT2D eigenvalue weighted by atomic mass is 16.7. The van der Waals surface area contributed by atoms with Gasteiger partial charge in [-0.25, -0.2) is 9.59 Å². The topological polar surface area (TPSA) is 119 Å². The van der Waals surface area contributed by atoms with E-state index >= 15 is 0 Å². The average molecular weight is 366 g/mol. The monoisotopic (exact) mass is 366 g/mol. The number of esters is 1. The summed E-state index contributed by atoms with van der Waals surface area (Å²) in [6.07, 6.45) is 4.85. The molecule has 9 nitrogen and oxygen atoms in total. The fraction of sp³-hybridized carbons (Fsp3) is 0.588. The molecule has 1 aliphatic carbocycles. The fourth-order valence-corrected chi connectivity index (χ4v) is 2.94. The molecule has 0 aromatic carbocycles. The molecule has 3 amide bonds. The van der Waals surface area contributed by atoms with Gasteiger partial charge in [0.15, 0.2) is 0 Å². The van der Waals surface area contributed by atoms with E-state index in [1.807, 2.05) is 0 Å². The molecule has 1 heterocycles. The SMILES string of the molecule is COC(=O)/C=C\C(=O)NC[C@H]1CC[C@H](C(=O)ON2C(=O)CCC2=O)CC1. The molecule has 26 heavy (non-hydrogen) atoms. The number of ether oxygens (including phenoxy) is 1. The van der Waals surface area contributed by atoms with Crippen LogP contribution in [0.5, 0.6) is 0 Å². The van der Waals surface area contributed by atoms with Gasteiger partial charge in [0.25, 0.3) is 11.8 Å². The molecule has 1 saturated heterocycles. The summed E-state index contributed by atoms with van der Waals surface area (Å²) in [5.41, 5.74) is 0. The Labute approximate surface area is 150 Å². The predicted molar refractivity (Wildman–Crippen MR) is 86.8 cm³/mol. The van der Waals surface area contributed by atoms with Gasteiger partial charge in [0.2, 0.25) is 5.91 Å². The minimum absolute atomic E-state index is 0.0724. The van der Waals surface area contributed by atoms with Gasteiger partial charge in [0.05, 0.1) is 13.0 Å². The molecule has 2 aliphatic rings. The summed E-state index contributed by atoms with van der Waals surface area (Å²) in [4.78, 5) is 62.5. The van der Waals surface area contributed by atoms with Crippen LogP contribution in [0.25, 0.3) is 0 Å². The number of rotatable bonds is 6. The van der Waals surface area contributed by atoms with Crippen molar-refractivity contribution >= 4 is 29.7 Å². The first-order valence-electron chi connectivity index (χ1n) is 8.52. The standard InChI is InChI=1S/C17H22N2O7/c1-25-16(23)9-6-13(20)18-10-11-2-4-12(5-3-11)17(24)26-19-14(21)7-8-15(19)22/h6,9,11-12H,2-5,7-8,10H2,1H3,(H,18,20)/b9-6-/t11-,12-. The van der Waals surface area contributed by atoms with E-state index in [9.17, 15) is 24.0 Å². The van der Waals surface area contributed by atoms with Crippen LogP contribution in [0.3, 0.4) is 0 Å². The molecule has 1 N–H and O–H groups in total. The number of methoxy groups -OCH3 is 1. The molecule has 2 rings (SSSR count). The highest BCUT2D eigenvalue weighted by molar-refractivity contribution is 6.01. The van der Waals surface area contributed by atoms with Crippen LogP contribution in [0.15, 0.2) is 12.2 Å². The number of nitrogens with zero attached hydrogens (tertiary/aromatic N) is 1. The van der Waals surface area contributed by atoms with Gasteiger partial charge in [-0.05, 0) is 31.6 Å². The summed E-state index contributed by atoms with van der Waals surface area (Å²) < 4.78 is 4.39. The number of carbonyl (C=O) groups excluding carboxylic acids is 5. The molecule has 1 aliphatic heterocycles. The lowest BCUT2D eigenvalue weighted by Gasteiger charge is -2.27. The highest BCUT2D eigenvalue weighted by Crippen LogP contribution is 2.30. The van der Waals surface area contributed by atoms with Crippen LogP contribution in [0.4, 0.5) is 0 Å². The van der Waals surface area contributed by atoms with E-state index in [4.69, 9.17) is 4.84 Å². The van der Waals surface area contributed by atoms with E-state index in [0.29, 0.717) is 37.3 Å². The Balaban J connectivity index is 1.70. The van der Waals surface area contributed by atoms with Crippen molar-refractivity contribution < 1.29 is 33.5 Å². The summed E-state index contributed by atoms with van der Waals surface area (Å²) in [7, 11) is 1.23. The second-order valence-corrected chi connectivity index (χ2v) is 6.31. The molecule has 0 atom stereocenters. The van der Waals surface area contributed by atoms with Gasteiger partial charge in [-0.1, -0.05) is 0 Å². The first-order chi connectivity index (χ1) is 12.4. The number of amides is 3. The smallest absolute Gasteiger partial charge is 0.336 e. The number of hydrogen-bond donors (Lipinski definition) is 1. The van der Waals surface area contributed by atoms with Crippen LogP contribution in [0, 0.1) is 11.8 Å². The van der Waals surface area contributed by atoms with Crippen LogP contribution >= 0.6 is 0 Å². The Morgan fingerprint density at radius 3 is 2.27 bits per heavy atom. The minimum Gasteiger partial charge on any atom is -0.466 e. The summed E-state index contributed by atoms with van der Waals surface area (Å²) in [6, 6.07) is 0. The van der Waals surface area contributed by atoms with Gasteiger partial charge >= 0.3 is 11.9 Å². The number of hydrogen-bond acceptors (Lipinski definition) is 7. The van der Waals surface area contributed by atoms with Crippen molar-refractivity contribution in [1.82, 2.24) is 10.4 Å². The summed E-state index contributed by atoms with van der Waals surface area (Å²) in [5, 5.41) is 3.27. The summed E-state index contributed by atoms with van der Waals surface area (Å²) >= 11 is 0. The van der Waals surface area contributed by atoms with Gasteiger partial charge in [-0.3, -0.25) is 14.4 Å². The van der Waals surface area contributed by atoms with Crippen molar-refractivity contribution in [2.24, 2.45) is 11.8 Å². The van der Waals surface area contributed by atoms with E-state index in [0.717, 1.165) is 12.2 Å². The van der Waals surface area contributed by atoms with E-state index < -0.39 is 23.8 Å². The number of nitrogens with one attached hydrogen (secondary N) is 1. The van der Waals surface area contributed by atoms with Crippen molar-refractivity contribution in [3.05, 3.63) is 12.2 Å². The van der Waals surface area contributed by atoms with Gasteiger partial charge in [0.1, 0.15) is 0 Å². The molecule has 0 aromatic rings. The molecule has 9 heteroatoms. The molecular formula is C17H22N2O7. The van der Waals surface area contributed by atoms with Gasteiger partial charge in [0, 0.05) is 31.5 Å². The van der Waals surface area contributed by atoms with E-state index in [1.54, 1.807) is 0 Å². The van der Waals surface area contributed by atoms with Gasteiger partial charge in [-0.15, -0.1) is 5.06 Å². The molecule has 0 spiro atoms. The largest absolute Gasteiger partial charge is 0.466 e. The molecular weight excluding hydrogens is 344 g/mol. The van der Waals surface area contributed by atoms with Crippen LogP contribution in [0.1, 0.15) is 38.5 Å². The van der Waals surface area contributed by atoms with Crippen molar-refractivity contribution in [2.45, 2.75) is 38.5 Å². The Hall–Kier alpha value is -2.71. The maximum absolute atomic E-state index is 12.1. The fourth-order valence-electron chi connectivity index (χ4n) is 2.94. The lowest BCUT2D eigenvalue weighted by molar-refractivity contribution is -0.201. The molecule has 142 valence electrons. The van der Waals surface area contributed by atoms with E-state index in [1.165, 1.54) is 7.11 Å². The highest BCUT2D eigenvalue weighted by Gasteiger charge is 2.36. The van der Waals surface area contributed by atoms with Crippen molar-refractivity contribution in [2.75, 3.05) is 13.7 Å². The lowest BCUT2D eigenvalue weighted by atomic mass is 9.82. The number of hydroxylamine groups is 2. The third-order valence-electron chi connectivity index (χ3n) is 4.50. The number of carbonyl (C=O) groups is 5. The first kappa shape index (κ1) is 19.6. The zero-order chi connectivity index (χ0) is 19.1. The van der Waals surface area contributed by atoms with Crippen molar-refractivity contribution in [3.63, 3.8) is 0 Å². The Morgan fingerprint density at radius 1 is 1.08 bits per heavy atom. The van der Waals surface area contributed by atoms with Crippen LogP contribution < -0.4 is 5.32 Å². The Kier molecular flexibility index (Phi) is 6.88. The lowest BCUT2D eigenvalue weighted by Crippen LogP contribution is -2.36. The van der Waals surface area contributed by atoms with E-state index in [-0.39, 0.29) is 30.6 Å². The molecule has 0 aromatic heterocycles. The molecule has 2 fully saturated rings. The van der Waals surface area contributed by atoms with Crippen molar-refractivity contribution in [3.8, 4) is 0 Å². The van der Waals surface area contributed by atoms with Gasteiger partial charge < -0.3 is 14.9 Å². The molecule has 1 saturated carbocycles. The third-order valence-corrected chi connectivity index (χ3v) is 4.50. The van der Waals surface area contributed by atoms with Crippen molar-refractivity contribution in [1.29, 1.82) is 0 Å². The maximum Gasteiger partial charge on any atom is 0.336 e. The normalized spacial score (nSPS) is 23.2. The zero-order valence-corrected chi connectivity index (χ0v) is 14.6. The predicted octanol–water partition coefficient (Wildman–Crippen LogP) is 0.245. The summed E-state index contributed by atoms with van der Waals surface area (Å²) in [5.74, 6) is -2.67. The minimum atomic E-state index is -0.603. The second kappa shape index (κ2) is 9.12. The van der Waals surface area contributed by atoms with Crippen LogP contribution in [0.2, 0.25) is 0 Å². The van der Waals surface area contributed by atoms with E-state index in [2.05, 4.69) is 10.1 Å². The number of imide groups is 1. The molecule has 0 bridgehead atoms.